The van der Waals surface area contributed by atoms with Crippen molar-refractivity contribution >= 4 is 29.1 Å². The fraction of sp³-hybridized carbons (Fsp3) is 0.250. The van der Waals surface area contributed by atoms with E-state index in [-0.39, 0.29) is 5.11 Å². The number of carbonyl (C=O) groups is 2. The van der Waals surface area contributed by atoms with E-state index in [1.807, 2.05) is 0 Å². The standard InChI is InChI=1S/C20H23N3O6S/c1-26-10-11-29-15-7-4-13(5-8-15)18(24)21-20(30)23-22-19(25)14-6-9-16(27-2)17(12-14)28-3/h4-9,12H,10-11H2,1-3H3,(H,22,25)(H2,21,23,24,30). The van der Waals surface area contributed by atoms with Gasteiger partial charge in [-0.2, -0.15) is 0 Å². The van der Waals surface area contributed by atoms with E-state index in [0.717, 1.165) is 0 Å². The fourth-order valence-electron chi connectivity index (χ4n) is 2.32. The molecular formula is C20H23N3O6S. The van der Waals surface area contributed by atoms with Gasteiger partial charge in [0.2, 0.25) is 0 Å². The average Bonchev–Trinajstić information content (AvgIpc) is 2.77. The van der Waals surface area contributed by atoms with Crippen molar-refractivity contribution in [2.45, 2.75) is 0 Å². The molecule has 2 rings (SSSR count). The molecule has 9 nitrogen and oxygen atoms in total. The lowest BCUT2D eigenvalue weighted by Crippen LogP contribution is -2.48. The number of amides is 2. The molecule has 0 saturated heterocycles. The van der Waals surface area contributed by atoms with E-state index in [1.54, 1.807) is 43.5 Å². The molecule has 2 aromatic carbocycles. The van der Waals surface area contributed by atoms with Crippen molar-refractivity contribution < 1.29 is 28.5 Å². The molecule has 30 heavy (non-hydrogen) atoms. The Morgan fingerprint density at radius 3 is 2.13 bits per heavy atom. The Morgan fingerprint density at radius 2 is 1.50 bits per heavy atom. The van der Waals surface area contributed by atoms with E-state index in [4.69, 9.17) is 31.2 Å². The summed E-state index contributed by atoms with van der Waals surface area (Å²) in [6.45, 7) is 0.882. The van der Waals surface area contributed by atoms with Crippen molar-refractivity contribution in [2.24, 2.45) is 0 Å². The number of hydrogen-bond donors (Lipinski definition) is 3. The molecule has 0 spiro atoms. The molecule has 0 aliphatic heterocycles. The van der Waals surface area contributed by atoms with Gasteiger partial charge in [-0.3, -0.25) is 25.8 Å². The van der Waals surface area contributed by atoms with Gasteiger partial charge >= 0.3 is 0 Å². The van der Waals surface area contributed by atoms with Gasteiger partial charge in [0.15, 0.2) is 16.6 Å². The quantitative estimate of drug-likeness (QED) is 0.328. The molecule has 3 N–H and O–H groups in total. The smallest absolute Gasteiger partial charge is 0.269 e. The first kappa shape index (κ1) is 22.9. The molecule has 0 atom stereocenters. The Labute approximate surface area is 179 Å². The SMILES string of the molecule is COCCOc1ccc(C(=O)NC(=S)NNC(=O)c2ccc(OC)c(OC)c2)cc1. The van der Waals surface area contributed by atoms with Gasteiger partial charge in [0, 0.05) is 18.2 Å². The predicted octanol–water partition coefficient (Wildman–Crippen LogP) is 1.68. The van der Waals surface area contributed by atoms with Crippen molar-refractivity contribution in [1.29, 1.82) is 0 Å². The van der Waals surface area contributed by atoms with E-state index < -0.39 is 11.8 Å². The highest BCUT2D eigenvalue weighted by Gasteiger charge is 2.12. The van der Waals surface area contributed by atoms with Gasteiger partial charge in [-0.25, -0.2) is 0 Å². The Bertz CT molecular complexity index is 889. The second-order valence-electron chi connectivity index (χ2n) is 5.80. The molecule has 0 aromatic heterocycles. The molecule has 2 aromatic rings. The Hall–Kier alpha value is -3.37. The van der Waals surface area contributed by atoms with Crippen LogP contribution in [0.15, 0.2) is 42.5 Å². The van der Waals surface area contributed by atoms with Gasteiger partial charge in [-0.1, -0.05) is 0 Å². The summed E-state index contributed by atoms with van der Waals surface area (Å²) in [6.07, 6.45) is 0. The molecule has 0 heterocycles. The lowest BCUT2D eigenvalue weighted by Gasteiger charge is -2.12. The lowest BCUT2D eigenvalue weighted by molar-refractivity contribution is 0.0934. The van der Waals surface area contributed by atoms with Crippen molar-refractivity contribution in [3.63, 3.8) is 0 Å². The molecular weight excluding hydrogens is 410 g/mol. The molecule has 0 bridgehead atoms. The van der Waals surface area contributed by atoms with Crippen LogP contribution < -0.4 is 30.4 Å². The van der Waals surface area contributed by atoms with Crippen LogP contribution in [0.25, 0.3) is 0 Å². The maximum Gasteiger partial charge on any atom is 0.269 e. The molecule has 0 aliphatic carbocycles. The number of methoxy groups -OCH3 is 3. The van der Waals surface area contributed by atoms with Crippen LogP contribution in [-0.4, -0.2) is 51.5 Å². The molecule has 160 valence electrons. The van der Waals surface area contributed by atoms with Crippen LogP contribution in [0, 0.1) is 0 Å². The summed E-state index contributed by atoms with van der Waals surface area (Å²) >= 11 is 5.04. The molecule has 0 saturated carbocycles. The van der Waals surface area contributed by atoms with E-state index in [2.05, 4.69) is 16.2 Å². The minimum Gasteiger partial charge on any atom is -0.493 e. The summed E-state index contributed by atoms with van der Waals surface area (Å²) in [5.41, 5.74) is 5.59. The number of rotatable bonds is 8. The van der Waals surface area contributed by atoms with Crippen molar-refractivity contribution in [3.05, 3.63) is 53.6 Å². The third-order valence-corrected chi connectivity index (χ3v) is 4.04. The largest absolute Gasteiger partial charge is 0.493 e. The summed E-state index contributed by atoms with van der Waals surface area (Å²) in [5.74, 6) is 0.628. The van der Waals surface area contributed by atoms with E-state index in [0.29, 0.717) is 41.6 Å². The summed E-state index contributed by atoms with van der Waals surface area (Å²) in [4.78, 5) is 24.5. The lowest BCUT2D eigenvalue weighted by atomic mass is 10.2. The third-order valence-electron chi connectivity index (χ3n) is 3.84. The van der Waals surface area contributed by atoms with Crippen molar-refractivity contribution in [3.8, 4) is 17.2 Å². The highest BCUT2D eigenvalue weighted by Crippen LogP contribution is 2.27. The summed E-state index contributed by atoms with van der Waals surface area (Å²) in [6, 6.07) is 11.2. The number of nitrogens with one attached hydrogen (secondary N) is 3. The first-order valence-electron chi connectivity index (χ1n) is 8.84. The predicted molar refractivity (Wildman–Crippen MR) is 114 cm³/mol. The van der Waals surface area contributed by atoms with Gasteiger partial charge in [-0.15, -0.1) is 0 Å². The molecule has 0 unspecified atom stereocenters. The minimum absolute atomic E-state index is 0.0609. The monoisotopic (exact) mass is 433 g/mol. The van der Waals surface area contributed by atoms with Crippen LogP contribution in [0.4, 0.5) is 0 Å². The second kappa shape index (κ2) is 11.6. The zero-order chi connectivity index (χ0) is 21.9. The Kier molecular flexibility index (Phi) is 8.85. The molecule has 10 heteroatoms. The van der Waals surface area contributed by atoms with E-state index in [1.165, 1.54) is 20.3 Å². The van der Waals surface area contributed by atoms with Gasteiger partial charge in [-0.05, 0) is 54.7 Å². The summed E-state index contributed by atoms with van der Waals surface area (Å²) in [7, 11) is 4.56. The Balaban J connectivity index is 1.85. The molecule has 0 fully saturated rings. The zero-order valence-corrected chi connectivity index (χ0v) is 17.6. The third kappa shape index (κ3) is 6.61. The number of ether oxygens (including phenoxy) is 4. The van der Waals surface area contributed by atoms with E-state index >= 15 is 0 Å². The summed E-state index contributed by atoms with van der Waals surface area (Å²) in [5, 5.41) is 2.42. The van der Waals surface area contributed by atoms with Crippen LogP contribution in [0.3, 0.4) is 0 Å². The first-order valence-corrected chi connectivity index (χ1v) is 9.24. The van der Waals surface area contributed by atoms with Crippen LogP contribution in [0.2, 0.25) is 0 Å². The number of hydrazine groups is 1. The molecule has 0 radical (unpaired) electrons. The maximum absolute atomic E-state index is 12.3. The number of hydrogen-bond acceptors (Lipinski definition) is 7. The van der Waals surface area contributed by atoms with Crippen molar-refractivity contribution in [2.75, 3.05) is 34.5 Å². The van der Waals surface area contributed by atoms with Crippen LogP contribution >= 0.6 is 12.2 Å². The fourth-order valence-corrected chi connectivity index (χ4v) is 2.46. The van der Waals surface area contributed by atoms with Crippen molar-refractivity contribution in [1.82, 2.24) is 16.2 Å². The highest BCUT2D eigenvalue weighted by molar-refractivity contribution is 7.80. The topological polar surface area (TPSA) is 107 Å². The minimum atomic E-state index is -0.467. The molecule has 0 aliphatic rings. The van der Waals surface area contributed by atoms with Gasteiger partial charge in [0.05, 0.1) is 20.8 Å². The second-order valence-corrected chi connectivity index (χ2v) is 6.21. The van der Waals surface area contributed by atoms with Gasteiger partial charge < -0.3 is 18.9 Å². The van der Waals surface area contributed by atoms with Gasteiger partial charge in [0.1, 0.15) is 12.4 Å². The van der Waals surface area contributed by atoms with Gasteiger partial charge in [0.25, 0.3) is 11.8 Å². The normalized spacial score (nSPS) is 9.97. The number of benzene rings is 2. The van der Waals surface area contributed by atoms with Crippen LogP contribution in [0.5, 0.6) is 17.2 Å². The molecule has 2 amide bonds. The first-order chi connectivity index (χ1) is 14.5. The Morgan fingerprint density at radius 1 is 0.833 bits per heavy atom. The highest BCUT2D eigenvalue weighted by atomic mass is 32.1. The summed E-state index contributed by atoms with van der Waals surface area (Å²) < 4.78 is 20.6. The zero-order valence-electron chi connectivity index (χ0n) is 16.8. The average molecular weight is 433 g/mol. The van der Waals surface area contributed by atoms with Crippen LogP contribution in [-0.2, 0) is 4.74 Å². The van der Waals surface area contributed by atoms with E-state index in [9.17, 15) is 9.59 Å². The number of thiocarbonyl (C=S) groups is 1. The number of carbonyl (C=O) groups excluding carboxylic acids is 2. The maximum atomic E-state index is 12.3. The van der Waals surface area contributed by atoms with Crippen LogP contribution in [0.1, 0.15) is 20.7 Å².